The van der Waals surface area contributed by atoms with Gasteiger partial charge in [0.2, 0.25) is 11.8 Å². The first-order chi connectivity index (χ1) is 19.4. The van der Waals surface area contributed by atoms with Gasteiger partial charge in [0.05, 0.1) is 32.8 Å². The van der Waals surface area contributed by atoms with E-state index >= 15 is 0 Å². The van der Waals surface area contributed by atoms with Gasteiger partial charge in [-0.1, -0.05) is 18.2 Å². The first kappa shape index (κ1) is 27.7. The second-order valence-electron chi connectivity index (χ2n) is 10.3. The van der Waals surface area contributed by atoms with Crippen LogP contribution in [0.3, 0.4) is 0 Å². The Balaban J connectivity index is 1.55. The predicted molar refractivity (Wildman–Crippen MR) is 145 cm³/mol. The quantitative estimate of drug-likeness (QED) is 0.360. The number of benzene rings is 2. The van der Waals surface area contributed by atoms with E-state index in [9.17, 15) is 24.6 Å². The molecule has 1 aliphatic heterocycles. The molecule has 2 amide bonds. The molecular formula is C30H34N2O8. The van der Waals surface area contributed by atoms with Crippen molar-refractivity contribution in [3.8, 4) is 17.2 Å². The number of hydrogen-bond acceptors (Lipinski definition) is 8. The van der Waals surface area contributed by atoms with Crippen molar-refractivity contribution in [1.29, 1.82) is 0 Å². The van der Waals surface area contributed by atoms with Crippen LogP contribution in [0.1, 0.15) is 40.2 Å². The van der Waals surface area contributed by atoms with Gasteiger partial charge in [-0.25, -0.2) is 0 Å². The summed E-state index contributed by atoms with van der Waals surface area (Å²) in [5, 5.41) is 23.7. The molecular weight excluding hydrogens is 516 g/mol. The fraction of sp³-hybridized carbons (Fsp3) is 0.433. The number of hydrogen-bond donors (Lipinski definition) is 3. The van der Waals surface area contributed by atoms with Crippen LogP contribution in [0.2, 0.25) is 0 Å². The monoisotopic (exact) mass is 550 g/mol. The van der Waals surface area contributed by atoms with Crippen molar-refractivity contribution in [2.45, 2.75) is 43.4 Å². The molecule has 40 heavy (non-hydrogen) atoms. The Bertz CT molecular complexity index is 1320. The third kappa shape index (κ3) is 5.16. The van der Waals surface area contributed by atoms with Gasteiger partial charge in [-0.05, 0) is 49.1 Å². The number of aliphatic hydroxyl groups is 2. The Morgan fingerprint density at radius 2 is 1.90 bits per heavy atom. The molecule has 0 spiro atoms. The molecule has 2 aromatic carbocycles. The van der Waals surface area contributed by atoms with Crippen LogP contribution < -0.4 is 19.5 Å². The molecule has 4 atom stereocenters. The van der Waals surface area contributed by atoms with E-state index < -0.39 is 30.1 Å². The topological polar surface area (TPSA) is 135 Å². The molecule has 5 rings (SSSR count). The van der Waals surface area contributed by atoms with Crippen molar-refractivity contribution in [1.82, 2.24) is 10.2 Å². The summed E-state index contributed by atoms with van der Waals surface area (Å²) < 4.78 is 17.2. The Morgan fingerprint density at radius 3 is 2.58 bits per heavy atom. The SMILES string of the molecule is COc1ccccc1CCN(C(=O)C1CC1)[C@@H]1C=C(C(=O)NCCO)[C@@H]2c3cc(C=O)cc(OC)c3O[C@@H]2[C@H]1O. The van der Waals surface area contributed by atoms with Crippen molar-refractivity contribution in [2.75, 3.05) is 33.9 Å². The van der Waals surface area contributed by atoms with Crippen molar-refractivity contribution >= 4 is 18.1 Å². The van der Waals surface area contributed by atoms with Gasteiger partial charge in [-0.3, -0.25) is 14.4 Å². The van der Waals surface area contributed by atoms with E-state index in [1.165, 1.54) is 7.11 Å². The van der Waals surface area contributed by atoms with Crippen molar-refractivity contribution in [3.63, 3.8) is 0 Å². The zero-order valence-electron chi connectivity index (χ0n) is 22.5. The van der Waals surface area contributed by atoms with E-state index in [0.717, 1.165) is 18.4 Å². The third-order valence-corrected chi connectivity index (χ3v) is 7.80. The van der Waals surface area contributed by atoms with Crippen LogP contribution in [0.15, 0.2) is 48.0 Å². The summed E-state index contributed by atoms with van der Waals surface area (Å²) in [4.78, 5) is 40.3. The van der Waals surface area contributed by atoms with Gasteiger partial charge in [0.1, 0.15) is 24.2 Å². The number of aliphatic hydroxyl groups excluding tert-OH is 2. The number of carbonyl (C=O) groups excluding carboxylic acids is 3. The molecule has 2 aliphatic carbocycles. The lowest BCUT2D eigenvalue weighted by molar-refractivity contribution is -0.138. The number of ether oxygens (including phenoxy) is 3. The maximum Gasteiger partial charge on any atom is 0.247 e. The van der Waals surface area contributed by atoms with Crippen LogP contribution >= 0.6 is 0 Å². The number of rotatable bonds is 11. The fourth-order valence-electron chi connectivity index (χ4n) is 5.68. The number of nitrogens with one attached hydrogen (secondary N) is 1. The van der Waals surface area contributed by atoms with Gasteiger partial charge < -0.3 is 34.6 Å². The molecule has 0 radical (unpaired) electrons. The minimum absolute atomic E-state index is 0.0325. The molecule has 0 bridgehead atoms. The van der Waals surface area contributed by atoms with Gasteiger partial charge >= 0.3 is 0 Å². The van der Waals surface area contributed by atoms with E-state index in [1.807, 2.05) is 24.3 Å². The van der Waals surface area contributed by atoms with Crippen molar-refractivity contribution in [3.05, 3.63) is 64.7 Å². The second-order valence-corrected chi connectivity index (χ2v) is 10.3. The number of aldehydes is 1. The van der Waals surface area contributed by atoms with Crippen LogP contribution in [0.5, 0.6) is 17.2 Å². The maximum absolute atomic E-state index is 13.6. The minimum Gasteiger partial charge on any atom is -0.496 e. The average Bonchev–Trinajstić information content (AvgIpc) is 3.76. The summed E-state index contributed by atoms with van der Waals surface area (Å²) in [7, 11) is 3.05. The van der Waals surface area contributed by atoms with Gasteiger partial charge in [0.25, 0.3) is 0 Å². The van der Waals surface area contributed by atoms with E-state index in [1.54, 1.807) is 30.2 Å². The average molecular weight is 551 g/mol. The van der Waals surface area contributed by atoms with Gasteiger partial charge in [-0.15, -0.1) is 0 Å². The molecule has 2 aromatic rings. The molecule has 10 heteroatoms. The smallest absolute Gasteiger partial charge is 0.247 e. The largest absolute Gasteiger partial charge is 0.496 e. The van der Waals surface area contributed by atoms with Gasteiger partial charge in [-0.2, -0.15) is 0 Å². The van der Waals surface area contributed by atoms with E-state index in [2.05, 4.69) is 5.32 Å². The molecule has 212 valence electrons. The highest BCUT2D eigenvalue weighted by molar-refractivity contribution is 5.96. The Hall–Kier alpha value is -3.89. The highest BCUT2D eigenvalue weighted by Gasteiger charge is 2.52. The van der Waals surface area contributed by atoms with Crippen LogP contribution in [0.25, 0.3) is 0 Å². The summed E-state index contributed by atoms with van der Waals surface area (Å²) in [5.74, 6) is 0.00231. The number of amides is 2. The molecule has 1 heterocycles. The second kappa shape index (κ2) is 11.7. The number of methoxy groups -OCH3 is 2. The zero-order chi connectivity index (χ0) is 28.4. The third-order valence-electron chi connectivity index (χ3n) is 7.80. The highest BCUT2D eigenvalue weighted by Crippen LogP contribution is 2.51. The summed E-state index contributed by atoms with van der Waals surface area (Å²) in [6, 6.07) is 9.89. The Labute approximate surface area is 232 Å². The lowest BCUT2D eigenvalue weighted by atomic mass is 9.77. The number of nitrogens with zero attached hydrogens (tertiary/aromatic N) is 1. The standard InChI is InChI=1S/C30H34N2O8/c1-38-23-6-4-3-5-18(23)9-11-32(30(37)19-7-8-19)22-15-21(29(36)31-10-12-33)25-20-13-17(16-34)14-24(39-2)27(20)40-28(25)26(22)35/h3-6,13-16,19,22,25-26,28,33,35H,7-12H2,1-2H3,(H,31,36)/t22-,25+,26+,28+/m1/s1. The molecule has 0 aromatic heterocycles. The van der Waals surface area contributed by atoms with Gasteiger partial charge in [0, 0.05) is 35.7 Å². The van der Waals surface area contributed by atoms with Crippen LogP contribution in [0, 0.1) is 5.92 Å². The molecule has 10 nitrogen and oxygen atoms in total. The molecule has 0 unspecified atom stereocenters. The Morgan fingerprint density at radius 1 is 1.15 bits per heavy atom. The zero-order valence-corrected chi connectivity index (χ0v) is 22.5. The Kier molecular flexibility index (Phi) is 8.09. The summed E-state index contributed by atoms with van der Waals surface area (Å²) >= 11 is 0. The number of carbonyl (C=O) groups is 3. The van der Waals surface area contributed by atoms with Crippen LogP contribution in [0.4, 0.5) is 0 Å². The fourth-order valence-corrected chi connectivity index (χ4v) is 5.68. The maximum atomic E-state index is 13.6. The van der Waals surface area contributed by atoms with Gasteiger partial charge in [0.15, 0.2) is 11.5 Å². The summed E-state index contributed by atoms with van der Waals surface area (Å²) in [6.45, 7) is 0.0771. The lowest BCUT2D eigenvalue weighted by Gasteiger charge is -2.41. The minimum atomic E-state index is -1.17. The van der Waals surface area contributed by atoms with E-state index in [0.29, 0.717) is 53.2 Å². The lowest BCUT2D eigenvalue weighted by Crippen LogP contribution is -2.56. The highest BCUT2D eigenvalue weighted by atomic mass is 16.5. The summed E-state index contributed by atoms with van der Waals surface area (Å²) in [5.41, 5.74) is 2.10. The van der Waals surface area contributed by atoms with Crippen LogP contribution in [-0.2, 0) is 16.0 Å². The molecule has 0 saturated heterocycles. The van der Waals surface area contributed by atoms with Crippen molar-refractivity contribution in [2.24, 2.45) is 5.92 Å². The normalized spacial score (nSPS) is 22.8. The number of fused-ring (bicyclic) bond motifs is 3. The molecule has 3 aliphatic rings. The predicted octanol–water partition coefficient (Wildman–Crippen LogP) is 1.62. The molecule has 1 saturated carbocycles. The molecule has 3 N–H and O–H groups in total. The first-order valence-electron chi connectivity index (χ1n) is 13.5. The van der Waals surface area contributed by atoms with E-state index in [-0.39, 0.29) is 25.0 Å². The number of para-hydroxylation sites is 1. The van der Waals surface area contributed by atoms with Crippen LogP contribution in [-0.4, -0.2) is 85.4 Å². The summed E-state index contributed by atoms with van der Waals surface area (Å²) in [6.07, 6.45) is 2.28. The first-order valence-corrected chi connectivity index (χ1v) is 13.5. The van der Waals surface area contributed by atoms with Crippen molar-refractivity contribution < 1.29 is 38.8 Å². The molecule has 1 fully saturated rings. The van der Waals surface area contributed by atoms with E-state index in [4.69, 9.17) is 14.2 Å².